The third-order valence-corrected chi connectivity index (χ3v) is 3.85. The summed E-state index contributed by atoms with van der Waals surface area (Å²) in [6.45, 7) is 3.30. The first-order chi connectivity index (χ1) is 9.54. The van der Waals surface area contributed by atoms with E-state index in [2.05, 4.69) is 0 Å². The standard InChI is InChI=1S/C14H18N2O4/c1-2-15(9-10-5-3-6-10)12-8-4-7-11(14(17)18)13(12)16(19)20/h4,7-8,10H,2-3,5-6,9H2,1H3,(H,17,18). The Bertz CT molecular complexity index is 526. The van der Waals surface area contributed by atoms with Gasteiger partial charge in [0.15, 0.2) is 0 Å². The van der Waals surface area contributed by atoms with Crippen LogP contribution in [-0.2, 0) is 0 Å². The quantitative estimate of drug-likeness (QED) is 0.639. The molecule has 1 N–H and O–H groups in total. The molecule has 1 fully saturated rings. The number of hydrogen-bond acceptors (Lipinski definition) is 4. The lowest BCUT2D eigenvalue weighted by Gasteiger charge is -2.33. The highest BCUT2D eigenvalue weighted by molar-refractivity contribution is 5.95. The van der Waals surface area contributed by atoms with Crippen LogP contribution in [0.3, 0.4) is 0 Å². The fourth-order valence-corrected chi connectivity index (χ4v) is 2.54. The summed E-state index contributed by atoms with van der Waals surface area (Å²) >= 11 is 0. The number of benzene rings is 1. The molecule has 6 nitrogen and oxygen atoms in total. The van der Waals surface area contributed by atoms with Gasteiger partial charge in [-0.2, -0.15) is 0 Å². The molecule has 0 spiro atoms. The number of aromatic carboxylic acids is 1. The van der Waals surface area contributed by atoms with Gasteiger partial charge in [-0.25, -0.2) is 4.79 Å². The maximum atomic E-state index is 11.3. The van der Waals surface area contributed by atoms with E-state index in [0.717, 1.165) is 19.4 Å². The third kappa shape index (κ3) is 2.74. The maximum absolute atomic E-state index is 11.3. The largest absolute Gasteiger partial charge is 0.477 e. The fourth-order valence-electron chi connectivity index (χ4n) is 2.54. The number of rotatable bonds is 6. The average Bonchev–Trinajstić information content (AvgIpc) is 2.36. The van der Waals surface area contributed by atoms with Crippen molar-refractivity contribution in [3.05, 3.63) is 33.9 Å². The predicted molar refractivity (Wildman–Crippen MR) is 75.3 cm³/mol. The molecular formula is C14H18N2O4. The molecule has 6 heteroatoms. The average molecular weight is 278 g/mol. The Morgan fingerprint density at radius 1 is 1.50 bits per heavy atom. The summed E-state index contributed by atoms with van der Waals surface area (Å²) in [5.74, 6) is -0.707. The molecule has 0 bridgehead atoms. The molecule has 108 valence electrons. The van der Waals surface area contributed by atoms with Crippen LogP contribution >= 0.6 is 0 Å². The SMILES string of the molecule is CCN(CC1CCC1)c1cccc(C(=O)O)c1[N+](=O)[O-]. The second kappa shape index (κ2) is 5.90. The van der Waals surface area contributed by atoms with Crippen molar-refractivity contribution in [1.29, 1.82) is 0 Å². The van der Waals surface area contributed by atoms with Gasteiger partial charge in [0.05, 0.1) is 4.92 Å². The number of anilines is 1. The Morgan fingerprint density at radius 3 is 2.65 bits per heavy atom. The molecule has 1 aliphatic rings. The highest BCUT2D eigenvalue weighted by Crippen LogP contribution is 2.35. The lowest BCUT2D eigenvalue weighted by atomic mass is 9.85. The predicted octanol–water partition coefficient (Wildman–Crippen LogP) is 2.92. The van der Waals surface area contributed by atoms with Gasteiger partial charge in [-0.3, -0.25) is 10.1 Å². The minimum Gasteiger partial charge on any atom is -0.477 e. The Balaban J connectivity index is 2.39. The maximum Gasteiger partial charge on any atom is 0.342 e. The van der Waals surface area contributed by atoms with Crippen LogP contribution in [0.25, 0.3) is 0 Å². The van der Waals surface area contributed by atoms with Crippen molar-refractivity contribution >= 4 is 17.3 Å². The Kier molecular flexibility index (Phi) is 4.22. The van der Waals surface area contributed by atoms with Crippen LogP contribution in [0.1, 0.15) is 36.5 Å². The van der Waals surface area contributed by atoms with Gasteiger partial charge in [-0.15, -0.1) is 0 Å². The van der Waals surface area contributed by atoms with Crippen molar-refractivity contribution in [2.24, 2.45) is 5.92 Å². The minimum absolute atomic E-state index is 0.250. The van der Waals surface area contributed by atoms with E-state index in [1.165, 1.54) is 12.5 Å². The second-order valence-corrected chi connectivity index (χ2v) is 5.07. The molecular weight excluding hydrogens is 260 g/mol. The molecule has 1 aliphatic carbocycles. The van der Waals surface area contributed by atoms with Gasteiger partial charge in [-0.05, 0) is 37.8 Å². The summed E-state index contributed by atoms with van der Waals surface area (Å²) in [6.07, 6.45) is 3.49. The molecule has 0 aliphatic heterocycles. The summed E-state index contributed by atoms with van der Waals surface area (Å²) in [5, 5.41) is 20.4. The molecule has 1 aromatic rings. The van der Waals surface area contributed by atoms with Crippen LogP contribution < -0.4 is 4.90 Å². The number of carboxylic acid groups (broad SMARTS) is 1. The van der Waals surface area contributed by atoms with Gasteiger partial charge in [0.2, 0.25) is 0 Å². The van der Waals surface area contributed by atoms with Gasteiger partial charge in [0.1, 0.15) is 11.3 Å². The summed E-state index contributed by atoms with van der Waals surface area (Å²) in [5.41, 5.74) is -0.148. The van der Waals surface area contributed by atoms with E-state index in [9.17, 15) is 14.9 Å². The Morgan fingerprint density at radius 2 is 2.20 bits per heavy atom. The zero-order valence-corrected chi connectivity index (χ0v) is 11.4. The van der Waals surface area contributed by atoms with E-state index < -0.39 is 10.9 Å². The van der Waals surface area contributed by atoms with Gasteiger partial charge in [-0.1, -0.05) is 12.5 Å². The molecule has 0 heterocycles. The van der Waals surface area contributed by atoms with Crippen LogP contribution in [0.5, 0.6) is 0 Å². The first-order valence-corrected chi connectivity index (χ1v) is 6.80. The monoisotopic (exact) mass is 278 g/mol. The van der Waals surface area contributed by atoms with E-state index in [4.69, 9.17) is 5.11 Å². The summed E-state index contributed by atoms with van der Waals surface area (Å²) in [4.78, 5) is 23.7. The van der Waals surface area contributed by atoms with Crippen molar-refractivity contribution in [2.45, 2.75) is 26.2 Å². The summed E-state index contributed by atoms with van der Waals surface area (Å²) < 4.78 is 0. The van der Waals surface area contributed by atoms with E-state index in [1.807, 2.05) is 11.8 Å². The second-order valence-electron chi connectivity index (χ2n) is 5.07. The highest BCUT2D eigenvalue weighted by atomic mass is 16.6. The number of hydrogen-bond donors (Lipinski definition) is 1. The van der Waals surface area contributed by atoms with Gasteiger partial charge >= 0.3 is 11.7 Å². The van der Waals surface area contributed by atoms with Crippen LogP contribution in [-0.4, -0.2) is 29.1 Å². The minimum atomic E-state index is -1.27. The van der Waals surface area contributed by atoms with E-state index in [1.54, 1.807) is 12.1 Å². The van der Waals surface area contributed by atoms with Crippen LogP contribution in [0.2, 0.25) is 0 Å². The van der Waals surface area contributed by atoms with Gasteiger partial charge < -0.3 is 10.0 Å². The van der Waals surface area contributed by atoms with Crippen LogP contribution in [0, 0.1) is 16.0 Å². The molecule has 1 aromatic carbocycles. The van der Waals surface area contributed by atoms with Gasteiger partial charge in [0.25, 0.3) is 0 Å². The Hall–Kier alpha value is -2.11. The molecule has 0 amide bonds. The van der Waals surface area contributed by atoms with Crippen molar-refractivity contribution < 1.29 is 14.8 Å². The smallest absolute Gasteiger partial charge is 0.342 e. The molecule has 0 radical (unpaired) electrons. The molecule has 2 rings (SSSR count). The number of nitro groups is 1. The summed E-state index contributed by atoms with van der Waals surface area (Å²) in [6, 6.07) is 4.48. The number of carboxylic acids is 1. The van der Waals surface area contributed by atoms with Gasteiger partial charge in [0, 0.05) is 13.1 Å². The molecule has 0 atom stereocenters. The normalized spacial score (nSPS) is 14.7. The zero-order chi connectivity index (χ0) is 14.7. The molecule has 0 aromatic heterocycles. The number of carbonyl (C=O) groups is 1. The van der Waals surface area contributed by atoms with E-state index in [-0.39, 0.29) is 11.3 Å². The summed E-state index contributed by atoms with van der Waals surface area (Å²) in [7, 11) is 0. The molecule has 0 unspecified atom stereocenters. The molecule has 1 saturated carbocycles. The zero-order valence-electron chi connectivity index (χ0n) is 11.4. The third-order valence-electron chi connectivity index (χ3n) is 3.85. The first-order valence-electron chi connectivity index (χ1n) is 6.80. The number of para-hydroxylation sites is 1. The first kappa shape index (κ1) is 14.3. The molecule has 20 heavy (non-hydrogen) atoms. The van der Waals surface area contributed by atoms with Crippen molar-refractivity contribution in [2.75, 3.05) is 18.0 Å². The molecule has 0 saturated heterocycles. The topological polar surface area (TPSA) is 83.7 Å². The van der Waals surface area contributed by atoms with E-state index >= 15 is 0 Å². The van der Waals surface area contributed by atoms with Crippen molar-refractivity contribution in [1.82, 2.24) is 0 Å². The number of nitro benzene ring substituents is 1. The van der Waals surface area contributed by atoms with E-state index in [0.29, 0.717) is 18.2 Å². The Labute approximate surface area is 117 Å². The highest BCUT2D eigenvalue weighted by Gasteiger charge is 2.28. The lowest BCUT2D eigenvalue weighted by molar-refractivity contribution is -0.384. The number of nitrogens with zero attached hydrogens (tertiary/aromatic N) is 2. The fraction of sp³-hybridized carbons (Fsp3) is 0.500. The van der Waals surface area contributed by atoms with Crippen LogP contribution in [0.4, 0.5) is 11.4 Å². The van der Waals surface area contributed by atoms with Crippen molar-refractivity contribution in [3.63, 3.8) is 0 Å². The lowest BCUT2D eigenvalue weighted by Crippen LogP contribution is -2.33. The van der Waals surface area contributed by atoms with Crippen molar-refractivity contribution in [3.8, 4) is 0 Å². The van der Waals surface area contributed by atoms with Crippen LogP contribution in [0.15, 0.2) is 18.2 Å².